The summed E-state index contributed by atoms with van der Waals surface area (Å²) in [4.78, 5) is 7.55. The molecule has 0 atom stereocenters. The minimum Gasteiger partial charge on any atom is -0.368 e. The Morgan fingerprint density at radius 2 is 2.26 bits per heavy atom. The van der Waals surface area contributed by atoms with Gasteiger partial charge in [0.25, 0.3) is 0 Å². The Hall–Kier alpha value is -1.51. The quantitative estimate of drug-likeness (QED) is 0.805. The fraction of sp³-hybridized carbons (Fsp3) is 0.286. The van der Waals surface area contributed by atoms with E-state index in [0.29, 0.717) is 0 Å². The van der Waals surface area contributed by atoms with Crippen molar-refractivity contribution in [3.63, 3.8) is 0 Å². The van der Waals surface area contributed by atoms with Gasteiger partial charge in [-0.25, -0.2) is 4.98 Å². The molecule has 0 saturated carbocycles. The molecule has 0 unspecified atom stereocenters. The van der Waals surface area contributed by atoms with Crippen LogP contribution in [-0.4, -0.2) is 18.3 Å². The van der Waals surface area contributed by atoms with Crippen LogP contribution in [0.3, 0.4) is 0 Å². The van der Waals surface area contributed by atoms with Crippen LogP contribution in [0.1, 0.15) is 16.3 Å². The Morgan fingerprint density at radius 1 is 1.47 bits per heavy atom. The summed E-state index contributed by atoms with van der Waals surface area (Å²) in [6, 6.07) is 8.26. The topological polar surface area (TPSA) is 39.9 Å². The second kappa shape index (κ2) is 6.09. The largest absolute Gasteiger partial charge is 0.368 e. The van der Waals surface area contributed by atoms with Crippen molar-refractivity contribution < 1.29 is 0 Å². The van der Waals surface area contributed by atoms with Crippen molar-refractivity contribution in [1.82, 2.24) is 4.98 Å². The van der Waals surface area contributed by atoms with Gasteiger partial charge < -0.3 is 4.90 Å². The first kappa shape index (κ1) is 13.9. The number of nitriles is 1. The third-order valence-electron chi connectivity index (χ3n) is 2.81. The molecule has 0 bridgehead atoms. The summed E-state index contributed by atoms with van der Waals surface area (Å²) in [6.45, 7) is 2.72. The molecule has 0 fully saturated rings. The van der Waals surface area contributed by atoms with Crippen LogP contribution in [0.25, 0.3) is 0 Å². The predicted molar refractivity (Wildman–Crippen MR) is 81.9 cm³/mol. The Balaban J connectivity index is 2.29. The number of rotatable bonds is 4. The monoisotopic (exact) mass is 289 g/mol. The van der Waals surface area contributed by atoms with Gasteiger partial charge in [0.2, 0.25) is 0 Å². The van der Waals surface area contributed by atoms with Crippen LogP contribution < -0.4 is 4.90 Å². The van der Waals surface area contributed by atoms with E-state index in [4.69, 9.17) is 0 Å². The standard InChI is InChI=1S/C14H15N3S2/c1-10-16-11(9-19-10)8-17(2)13-5-4-6-14(18-3)12(13)7-15/h4-6,9H,8H2,1-3H3. The maximum absolute atomic E-state index is 9.35. The van der Waals surface area contributed by atoms with Crippen molar-refractivity contribution in [2.75, 3.05) is 18.2 Å². The van der Waals surface area contributed by atoms with E-state index in [2.05, 4.69) is 21.3 Å². The molecule has 98 valence electrons. The third kappa shape index (κ3) is 3.09. The van der Waals surface area contributed by atoms with E-state index in [9.17, 15) is 5.26 Å². The minimum atomic E-state index is 0.719. The van der Waals surface area contributed by atoms with Gasteiger partial charge in [-0.1, -0.05) is 6.07 Å². The molecular weight excluding hydrogens is 274 g/mol. The molecular formula is C14H15N3S2. The Morgan fingerprint density at radius 3 is 2.84 bits per heavy atom. The lowest BCUT2D eigenvalue weighted by atomic mass is 10.1. The molecule has 2 rings (SSSR count). The van der Waals surface area contributed by atoms with Crippen LogP contribution in [0.2, 0.25) is 0 Å². The van der Waals surface area contributed by atoms with Crippen LogP contribution in [-0.2, 0) is 6.54 Å². The summed E-state index contributed by atoms with van der Waals surface area (Å²) in [5.41, 5.74) is 2.74. The van der Waals surface area contributed by atoms with E-state index in [0.717, 1.165) is 33.4 Å². The van der Waals surface area contributed by atoms with Crippen LogP contribution in [0, 0.1) is 18.3 Å². The highest BCUT2D eigenvalue weighted by atomic mass is 32.2. The second-order valence-corrected chi connectivity index (χ2v) is 6.09. The Labute approximate surface area is 121 Å². The first-order valence-electron chi connectivity index (χ1n) is 5.85. The molecule has 1 heterocycles. The van der Waals surface area contributed by atoms with Gasteiger partial charge >= 0.3 is 0 Å². The number of thioether (sulfide) groups is 1. The molecule has 0 amide bonds. The van der Waals surface area contributed by atoms with Crippen molar-refractivity contribution in [1.29, 1.82) is 5.26 Å². The summed E-state index contributed by atoms with van der Waals surface area (Å²) in [6.07, 6.45) is 1.99. The predicted octanol–water partition coefficient (Wildman–Crippen LogP) is 3.68. The number of hydrogen-bond acceptors (Lipinski definition) is 5. The fourth-order valence-electron chi connectivity index (χ4n) is 1.93. The average Bonchev–Trinajstić information content (AvgIpc) is 2.82. The minimum absolute atomic E-state index is 0.719. The maximum Gasteiger partial charge on any atom is 0.103 e. The number of thiazole rings is 1. The van der Waals surface area contributed by atoms with E-state index in [1.54, 1.807) is 23.1 Å². The molecule has 0 saturated heterocycles. The molecule has 0 radical (unpaired) electrons. The molecule has 2 aromatic rings. The number of benzene rings is 1. The summed E-state index contributed by atoms with van der Waals surface area (Å²) < 4.78 is 0. The average molecular weight is 289 g/mol. The van der Waals surface area contributed by atoms with Gasteiger partial charge in [-0.15, -0.1) is 23.1 Å². The first-order chi connectivity index (χ1) is 9.15. The van der Waals surface area contributed by atoms with Crippen molar-refractivity contribution in [2.24, 2.45) is 0 Å². The van der Waals surface area contributed by atoms with Gasteiger partial charge in [0, 0.05) is 17.3 Å². The lowest BCUT2D eigenvalue weighted by Gasteiger charge is -2.20. The van der Waals surface area contributed by atoms with Crippen molar-refractivity contribution in [3.8, 4) is 6.07 Å². The summed E-state index contributed by atoms with van der Waals surface area (Å²) in [5, 5.41) is 12.5. The molecule has 1 aromatic heterocycles. The van der Waals surface area contributed by atoms with Gasteiger partial charge in [0.1, 0.15) is 6.07 Å². The zero-order valence-corrected chi connectivity index (χ0v) is 12.8. The van der Waals surface area contributed by atoms with Crippen molar-refractivity contribution in [2.45, 2.75) is 18.4 Å². The zero-order valence-electron chi connectivity index (χ0n) is 11.2. The lowest BCUT2D eigenvalue weighted by Crippen LogP contribution is -2.18. The summed E-state index contributed by atoms with van der Waals surface area (Å²) in [7, 11) is 2.00. The van der Waals surface area contributed by atoms with E-state index in [1.165, 1.54) is 0 Å². The molecule has 0 aliphatic rings. The molecule has 5 heteroatoms. The normalized spacial score (nSPS) is 10.2. The highest BCUT2D eigenvalue weighted by Gasteiger charge is 2.12. The SMILES string of the molecule is CSc1cccc(N(C)Cc2csc(C)n2)c1C#N. The highest BCUT2D eigenvalue weighted by Crippen LogP contribution is 2.29. The second-order valence-electron chi connectivity index (χ2n) is 4.18. The number of aromatic nitrogens is 1. The molecule has 19 heavy (non-hydrogen) atoms. The smallest absolute Gasteiger partial charge is 0.103 e. The summed E-state index contributed by atoms with van der Waals surface area (Å²) >= 11 is 3.25. The van der Waals surface area contributed by atoms with E-state index in [-0.39, 0.29) is 0 Å². The van der Waals surface area contributed by atoms with Crippen LogP contribution in [0.4, 0.5) is 5.69 Å². The van der Waals surface area contributed by atoms with Crippen molar-refractivity contribution >= 4 is 28.8 Å². The summed E-state index contributed by atoms with van der Waals surface area (Å²) in [5.74, 6) is 0. The highest BCUT2D eigenvalue weighted by molar-refractivity contribution is 7.98. The van der Waals surface area contributed by atoms with E-state index >= 15 is 0 Å². The number of nitrogens with zero attached hydrogens (tertiary/aromatic N) is 3. The zero-order chi connectivity index (χ0) is 13.8. The van der Waals surface area contributed by atoms with E-state index < -0.39 is 0 Å². The number of aryl methyl sites for hydroxylation is 1. The molecule has 1 aromatic carbocycles. The third-order valence-corrected chi connectivity index (χ3v) is 4.42. The van der Waals surface area contributed by atoms with Gasteiger partial charge in [-0.2, -0.15) is 5.26 Å². The lowest BCUT2D eigenvalue weighted by molar-refractivity contribution is 0.886. The molecule has 0 aliphatic carbocycles. The van der Waals surface area contributed by atoms with Crippen molar-refractivity contribution in [3.05, 3.63) is 39.8 Å². The van der Waals surface area contributed by atoms with Gasteiger partial charge in [-0.05, 0) is 25.3 Å². The van der Waals surface area contributed by atoms with Crippen LogP contribution in [0.5, 0.6) is 0 Å². The molecule has 0 spiro atoms. The van der Waals surface area contributed by atoms with Crippen LogP contribution >= 0.6 is 23.1 Å². The molecule has 0 aliphatic heterocycles. The van der Waals surface area contributed by atoms with Gasteiger partial charge in [0.15, 0.2) is 0 Å². The van der Waals surface area contributed by atoms with Gasteiger partial charge in [0.05, 0.1) is 28.5 Å². The molecule has 0 N–H and O–H groups in total. The van der Waals surface area contributed by atoms with E-state index in [1.807, 2.05) is 38.4 Å². The molecule has 3 nitrogen and oxygen atoms in total. The Kier molecular flexibility index (Phi) is 4.46. The maximum atomic E-state index is 9.35. The fourth-order valence-corrected chi connectivity index (χ4v) is 3.10. The number of hydrogen-bond donors (Lipinski definition) is 0. The van der Waals surface area contributed by atoms with Crippen LogP contribution in [0.15, 0.2) is 28.5 Å². The Bertz CT molecular complexity index is 613. The first-order valence-corrected chi connectivity index (χ1v) is 7.95. The number of anilines is 1. The van der Waals surface area contributed by atoms with Gasteiger partial charge in [-0.3, -0.25) is 0 Å².